The van der Waals surface area contributed by atoms with Crippen molar-refractivity contribution in [2.45, 2.75) is 65.5 Å². The molecule has 0 aliphatic heterocycles. The van der Waals surface area contributed by atoms with Gasteiger partial charge in [-0.3, -0.25) is 0 Å². The molecule has 0 aromatic carbocycles. The van der Waals surface area contributed by atoms with Gasteiger partial charge in [0.25, 0.3) is 0 Å². The fourth-order valence-electron chi connectivity index (χ4n) is 2.05. The molecule has 92 valence electrons. The Morgan fingerprint density at radius 1 is 1.27 bits per heavy atom. The van der Waals surface area contributed by atoms with Crippen LogP contribution in [0.15, 0.2) is 0 Å². The van der Waals surface area contributed by atoms with Gasteiger partial charge >= 0.3 is 0 Å². The molecule has 0 aromatic heterocycles. The molecule has 0 aliphatic rings. The van der Waals surface area contributed by atoms with Crippen molar-refractivity contribution in [1.82, 2.24) is 5.32 Å². The fraction of sp³-hybridized carbons (Fsp3) is 1.00. The predicted octanol–water partition coefficient (Wildman–Crippen LogP) is 3.22. The third kappa shape index (κ3) is 4.12. The van der Waals surface area contributed by atoms with Crippen LogP contribution in [0.1, 0.15) is 53.9 Å². The molecule has 0 aliphatic carbocycles. The van der Waals surface area contributed by atoms with Crippen LogP contribution >= 0.6 is 0 Å². The average Bonchev–Trinajstić information content (AvgIpc) is 2.28. The van der Waals surface area contributed by atoms with Crippen molar-refractivity contribution in [3.63, 3.8) is 0 Å². The van der Waals surface area contributed by atoms with Crippen LogP contribution in [-0.4, -0.2) is 25.3 Å². The number of nitrogens with one attached hydrogen (secondary N) is 1. The van der Waals surface area contributed by atoms with Crippen LogP contribution in [0.4, 0.5) is 0 Å². The van der Waals surface area contributed by atoms with Crippen molar-refractivity contribution < 1.29 is 4.74 Å². The summed E-state index contributed by atoms with van der Waals surface area (Å²) in [4.78, 5) is 0. The van der Waals surface area contributed by atoms with Gasteiger partial charge in [0.2, 0.25) is 0 Å². The van der Waals surface area contributed by atoms with E-state index in [1.165, 1.54) is 12.8 Å². The summed E-state index contributed by atoms with van der Waals surface area (Å²) in [6, 6.07) is 0.456. The molecule has 1 N–H and O–H groups in total. The largest absolute Gasteiger partial charge is 0.377 e. The van der Waals surface area contributed by atoms with Gasteiger partial charge in [-0.25, -0.2) is 0 Å². The number of methoxy groups -OCH3 is 1. The second-order valence-electron chi connectivity index (χ2n) is 4.69. The summed E-state index contributed by atoms with van der Waals surface area (Å²) in [6.07, 6.45) is 3.42. The minimum absolute atomic E-state index is 0.0371. The zero-order chi connectivity index (χ0) is 11.9. The van der Waals surface area contributed by atoms with Crippen LogP contribution in [0.25, 0.3) is 0 Å². The normalized spacial score (nSPS) is 19.6. The van der Waals surface area contributed by atoms with Crippen LogP contribution in [0.5, 0.6) is 0 Å². The molecule has 0 aromatic rings. The maximum atomic E-state index is 5.71. The van der Waals surface area contributed by atoms with Crippen LogP contribution in [0.3, 0.4) is 0 Å². The van der Waals surface area contributed by atoms with E-state index >= 15 is 0 Å². The van der Waals surface area contributed by atoms with E-state index in [2.05, 4.69) is 39.9 Å². The standard InChI is InChI=1S/C13H29NO/c1-7-10-14-12(11(4)8-2)13(5,9-3)15-6/h11-12,14H,7-10H2,1-6H3. The van der Waals surface area contributed by atoms with E-state index in [4.69, 9.17) is 4.74 Å². The van der Waals surface area contributed by atoms with Gasteiger partial charge in [0.15, 0.2) is 0 Å². The van der Waals surface area contributed by atoms with E-state index in [1.807, 2.05) is 7.11 Å². The van der Waals surface area contributed by atoms with E-state index in [1.54, 1.807) is 0 Å². The Morgan fingerprint density at radius 3 is 2.20 bits per heavy atom. The third-order valence-electron chi connectivity index (χ3n) is 3.65. The number of hydrogen-bond acceptors (Lipinski definition) is 2. The lowest BCUT2D eigenvalue weighted by molar-refractivity contribution is -0.0437. The molecule has 3 unspecified atom stereocenters. The van der Waals surface area contributed by atoms with Crippen molar-refractivity contribution in [2.24, 2.45) is 5.92 Å². The van der Waals surface area contributed by atoms with E-state index < -0.39 is 0 Å². The van der Waals surface area contributed by atoms with E-state index in [0.29, 0.717) is 12.0 Å². The first-order valence-corrected chi connectivity index (χ1v) is 6.34. The van der Waals surface area contributed by atoms with Crippen molar-refractivity contribution in [2.75, 3.05) is 13.7 Å². The number of hydrogen-bond donors (Lipinski definition) is 1. The molecule has 0 radical (unpaired) electrons. The molecule has 0 spiro atoms. The van der Waals surface area contributed by atoms with Crippen LogP contribution in [0.2, 0.25) is 0 Å². The molecule has 0 saturated carbocycles. The SMILES string of the molecule is CCCNC(C(C)CC)C(C)(CC)OC. The molecule has 2 heteroatoms. The van der Waals surface area contributed by atoms with Gasteiger partial charge in [-0.2, -0.15) is 0 Å². The molecular weight excluding hydrogens is 186 g/mol. The minimum atomic E-state index is -0.0371. The van der Waals surface area contributed by atoms with E-state index in [9.17, 15) is 0 Å². The van der Waals surface area contributed by atoms with E-state index in [0.717, 1.165) is 13.0 Å². The molecular formula is C13H29NO. The molecule has 0 fully saturated rings. The number of rotatable bonds is 8. The quantitative estimate of drug-likeness (QED) is 0.671. The van der Waals surface area contributed by atoms with Crippen molar-refractivity contribution >= 4 is 0 Å². The smallest absolute Gasteiger partial charge is 0.0802 e. The Bertz CT molecular complexity index is 155. The molecule has 0 saturated heterocycles. The summed E-state index contributed by atoms with van der Waals surface area (Å²) in [7, 11) is 1.83. The lowest BCUT2D eigenvalue weighted by atomic mass is 9.83. The lowest BCUT2D eigenvalue weighted by Gasteiger charge is -2.40. The molecule has 0 amide bonds. The van der Waals surface area contributed by atoms with Crippen LogP contribution in [0, 0.1) is 5.92 Å². The van der Waals surface area contributed by atoms with Gasteiger partial charge in [-0.05, 0) is 32.2 Å². The van der Waals surface area contributed by atoms with Crippen molar-refractivity contribution in [1.29, 1.82) is 0 Å². The molecule has 0 heterocycles. The lowest BCUT2D eigenvalue weighted by Crippen LogP contribution is -2.53. The van der Waals surface area contributed by atoms with Gasteiger partial charge < -0.3 is 10.1 Å². The Balaban J connectivity index is 4.58. The Labute approximate surface area is 95.8 Å². The predicted molar refractivity (Wildman–Crippen MR) is 67.2 cm³/mol. The number of ether oxygens (including phenoxy) is 1. The second kappa shape index (κ2) is 7.24. The van der Waals surface area contributed by atoms with Gasteiger partial charge in [0.05, 0.1) is 5.60 Å². The molecule has 15 heavy (non-hydrogen) atoms. The Morgan fingerprint density at radius 2 is 1.87 bits per heavy atom. The summed E-state index contributed by atoms with van der Waals surface area (Å²) in [6.45, 7) is 12.3. The summed E-state index contributed by atoms with van der Waals surface area (Å²) in [5.74, 6) is 0.654. The average molecular weight is 215 g/mol. The van der Waals surface area contributed by atoms with Crippen molar-refractivity contribution in [3.05, 3.63) is 0 Å². The minimum Gasteiger partial charge on any atom is -0.377 e. The molecule has 0 rings (SSSR count). The maximum absolute atomic E-state index is 5.71. The second-order valence-corrected chi connectivity index (χ2v) is 4.69. The van der Waals surface area contributed by atoms with Crippen LogP contribution in [-0.2, 0) is 4.74 Å². The highest BCUT2D eigenvalue weighted by Gasteiger charge is 2.35. The van der Waals surface area contributed by atoms with Crippen molar-refractivity contribution in [3.8, 4) is 0 Å². The zero-order valence-corrected chi connectivity index (χ0v) is 11.4. The van der Waals surface area contributed by atoms with Gasteiger partial charge in [-0.15, -0.1) is 0 Å². The first-order chi connectivity index (χ1) is 7.05. The highest BCUT2D eigenvalue weighted by Crippen LogP contribution is 2.26. The topological polar surface area (TPSA) is 21.3 Å². The van der Waals surface area contributed by atoms with Crippen LogP contribution < -0.4 is 5.32 Å². The van der Waals surface area contributed by atoms with Gasteiger partial charge in [0, 0.05) is 13.2 Å². The molecule has 2 nitrogen and oxygen atoms in total. The van der Waals surface area contributed by atoms with Gasteiger partial charge in [0.1, 0.15) is 0 Å². The summed E-state index contributed by atoms with van der Waals surface area (Å²) < 4.78 is 5.71. The highest BCUT2D eigenvalue weighted by atomic mass is 16.5. The monoisotopic (exact) mass is 215 g/mol. The van der Waals surface area contributed by atoms with Gasteiger partial charge in [-0.1, -0.05) is 34.1 Å². The Kier molecular flexibility index (Phi) is 7.20. The third-order valence-corrected chi connectivity index (χ3v) is 3.65. The fourth-order valence-corrected chi connectivity index (χ4v) is 2.05. The summed E-state index contributed by atoms with van der Waals surface area (Å²) in [5.41, 5.74) is -0.0371. The zero-order valence-electron chi connectivity index (χ0n) is 11.4. The molecule has 3 atom stereocenters. The Hall–Kier alpha value is -0.0800. The summed E-state index contributed by atoms with van der Waals surface area (Å²) >= 11 is 0. The highest BCUT2D eigenvalue weighted by molar-refractivity contribution is 4.91. The first kappa shape index (κ1) is 14.9. The maximum Gasteiger partial charge on any atom is 0.0802 e. The molecule has 0 bridgehead atoms. The first-order valence-electron chi connectivity index (χ1n) is 6.34. The van der Waals surface area contributed by atoms with E-state index in [-0.39, 0.29) is 5.60 Å². The summed E-state index contributed by atoms with van der Waals surface area (Å²) in [5, 5.41) is 3.64.